The van der Waals surface area contributed by atoms with E-state index in [0.29, 0.717) is 0 Å². The molecule has 0 heterocycles. The summed E-state index contributed by atoms with van der Waals surface area (Å²) in [5.74, 6) is 0. The summed E-state index contributed by atoms with van der Waals surface area (Å²) >= 11 is 0. The monoisotopic (exact) mass is 298 g/mol. The second-order valence-corrected chi connectivity index (χ2v) is 6.47. The van der Waals surface area contributed by atoms with Crippen molar-refractivity contribution < 1.29 is 0 Å². The maximum absolute atomic E-state index is 5.57. The first-order chi connectivity index (χ1) is 10.3. The van der Waals surface area contributed by atoms with E-state index in [2.05, 4.69) is 18.7 Å². The van der Waals surface area contributed by atoms with Crippen LogP contribution in [-0.4, -0.2) is 31.1 Å². The van der Waals surface area contributed by atoms with Gasteiger partial charge in [0.05, 0.1) is 0 Å². The summed E-state index contributed by atoms with van der Waals surface area (Å²) in [6, 6.07) is 0. The maximum Gasteiger partial charge on any atom is -0.000683 e. The van der Waals surface area contributed by atoms with Crippen molar-refractivity contribution in [2.45, 2.75) is 97.3 Å². The molecule has 0 aromatic carbocycles. The van der Waals surface area contributed by atoms with Crippen LogP contribution < -0.4 is 5.73 Å². The van der Waals surface area contributed by atoms with Crippen molar-refractivity contribution >= 4 is 0 Å². The predicted octanol–water partition coefficient (Wildman–Crippen LogP) is 5.36. The smallest absolute Gasteiger partial charge is 0.000683 e. The summed E-state index contributed by atoms with van der Waals surface area (Å²) in [5.41, 5.74) is 5.57. The van der Waals surface area contributed by atoms with Gasteiger partial charge in [-0.25, -0.2) is 0 Å². The molecule has 0 amide bonds. The molecule has 0 bridgehead atoms. The Morgan fingerprint density at radius 2 is 1.00 bits per heavy atom. The molecular formula is C19H42N2. The summed E-state index contributed by atoms with van der Waals surface area (Å²) in [6.07, 6.45) is 18.4. The molecule has 0 aliphatic rings. The summed E-state index contributed by atoms with van der Waals surface area (Å²) < 4.78 is 0. The molecule has 0 radical (unpaired) electrons. The van der Waals surface area contributed by atoms with Crippen molar-refractivity contribution in [3.63, 3.8) is 0 Å². The third-order valence-electron chi connectivity index (χ3n) is 4.45. The highest BCUT2D eigenvalue weighted by molar-refractivity contribution is 4.57. The van der Waals surface area contributed by atoms with Gasteiger partial charge in [-0.05, 0) is 39.0 Å². The summed E-state index contributed by atoms with van der Waals surface area (Å²) in [7, 11) is 0. The van der Waals surface area contributed by atoms with Crippen molar-refractivity contribution in [2.24, 2.45) is 5.73 Å². The third kappa shape index (κ3) is 16.1. The van der Waals surface area contributed by atoms with Crippen molar-refractivity contribution in [3.8, 4) is 0 Å². The van der Waals surface area contributed by atoms with Gasteiger partial charge in [-0.15, -0.1) is 0 Å². The Morgan fingerprint density at radius 1 is 0.571 bits per heavy atom. The molecule has 0 saturated carbocycles. The van der Waals surface area contributed by atoms with Crippen molar-refractivity contribution in [3.05, 3.63) is 0 Å². The molecule has 0 aliphatic carbocycles. The fraction of sp³-hybridized carbons (Fsp3) is 1.00. The fourth-order valence-electron chi connectivity index (χ4n) is 2.92. The number of rotatable bonds is 17. The highest BCUT2D eigenvalue weighted by Gasteiger charge is 2.00. The van der Waals surface area contributed by atoms with Crippen molar-refractivity contribution in [2.75, 3.05) is 26.2 Å². The molecule has 0 saturated heterocycles. The third-order valence-corrected chi connectivity index (χ3v) is 4.45. The van der Waals surface area contributed by atoms with E-state index >= 15 is 0 Å². The number of nitrogens with two attached hydrogens (primary N) is 1. The quantitative estimate of drug-likeness (QED) is 0.366. The van der Waals surface area contributed by atoms with Gasteiger partial charge >= 0.3 is 0 Å². The minimum Gasteiger partial charge on any atom is -0.330 e. The molecule has 0 aromatic rings. The van der Waals surface area contributed by atoms with Crippen LogP contribution in [-0.2, 0) is 0 Å². The summed E-state index contributed by atoms with van der Waals surface area (Å²) in [5, 5.41) is 0. The van der Waals surface area contributed by atoms with Crippen LogP contribution in [0.3, 0.4) is 0 Å². The number of nitrogens with zero attached hydrogens (tertiary/aromatic N) is 1. The van der Waals surface area contributed by atoms with Crippen LogP contribution in [0.4, 0.5) is 0 Å². The SMILES string of the molecule is CCCCCCCCCCCCCCN(CC)CCCN. The van der Waals surface area contributed by atoms with Crippen LogP contribution in [0.25, 0.3) is 0 Å². The zero-order valence-corrected chi connectivity index (χ0v) is 15.0. The van der Waals surface area contributed by atoms with Crippen LogP contribution in [0.5, 0.6) is 0 Å². The van der Waals surface area contributed by atoms with Gasteiger partial charge in [0.15, 0.2) is 0 Å². The van der Waals surface area contributed by atoms with E-state index < -0.39 is 0 Å². The molecule has 2 nitrogen and oxygen atoms in total. The largest absolute Gasteiger partial charge is 0.330 e. The number of hydrogen-bond donors (Lipinski definition) is 1. The van der Waals surface area contributed by atoms with E-state index in [1.165, 1.54) is 96.7 Å². The predicted molar refractivity (Wildman–Crippen MR) is 96.9 cm³/mol. The zero-order chi connectivity index (χ0) is 15.6. The van der Waals surface area contributed by atoms with Crippen LogP contribution >= 0.6 is 0 Å². The van der Waals surface area contributed by atoms with E-state index in [0.717, 1.165) is 13.0 Å². The van der Waals surface area contributed by atoms with Gasteiger partial charge in [0.1, 0.15) is 0 Å². The van der Waals surface area contributed by atoms with Crippen molar-refractivity contribution in [1.82, 2.24) is 4.90 Å². The average molecular weight is 299 g/mol. The molecule has 2 heteroatoms. The van der Waals surface area contributed by atoms with Gasteiger partial charge in [-0.3, -0.25) is 0 Å². The first kappa shape index (κ1) is 20.9. The average Bonchev–Trinajstić information content (AvgIpc) is 2.51. The molecule has 0 aromatic heterocycles. The lowest BCUT2D eigenvalue weighted by Gasteiger charge is -2.19. The second kappa shape index (κ2) is 18.0. The Labute approximate surface area is 134 Å². The molecule has 128 valence electrons. The van der Waals surface area contributed by atoms with Crippen LogP contribution in [0.1, 0.15) is 97.3 Å². The first-order valence-electron chi connectivity index (χ1n) is 9.77. The Kier molecular flexibility index (Phi) is 17.9. The lowest BCUT2D eigenvalue weighted by Crippen LogP contribution is -2.27. The standard InChI is InChI=1S/C19H42N2/c1-3-5-6-7-8-9-10-11-12-13-14-15-18-21(4-2)19-16-17-20/h3-20H2,1-2H3. The highest BCUT2D eigenvalue weighted by Crippen LogP contribution is 2.12. The Bertz CT molecular complexity index is 182. The molecule has 0 atom stereocenters. The first-order valence-corrected chi connectivity index (χ1v) is 9.77. The zero-order valence-electron chi connectivity index (χ0n) is 15.0. The van der Waals surface area contributed by atoms with E-state index in [1.807, 2.05) is 0 Å². The van der Waals surface area contributed by atoms with Crippen LogP contribution in [0.2, 0.25) is 0 Å². The van der Waals surface area contributed by atoms with Gasteiger partial charge in [0, 0.05) is 0 Å². The molecule has 0 rings (SSSR count). The normalized spacial score (nSPS) is 11.4. The van der Waals surface area contributed by atoms with Gasteiger partial charge in [-0.1, -0.05) is 84.5 Å². The molecule has 21 heavy (non-hydrogen) atoms. The minimum atomic E-state index is 0.828. The van der Waals surface area contributed by atoms with E-state index in [1.54, 1.807) is 0 Å². The lowest BCUT2D eigenvalue weighted by molar-refractivity contribution is 0.278. The summed E-state index contributed by atoms with van der Waals surface area (Å²) in [6.45, 7) is 9.01. The van der Waals surface area contributed by atoms with Crippen LogP contribution in [0, 0.1) is 0 Å². The minimum absolute atomic E-state index is 0.828. The highest BCUT2D eigenvalue weighted by atomic mass is 15.1. The Morgan fingerprint density at radius 3 is 1.43 bits per heavy atom. The number of hydrogen-bond acceptors (Lipinski definition) is 2. The van der Waals surface area contributed by atoms with Gasteiger partial charge in [0.2, 0.25) is 0 Å². The van der Waals surface area contributed by atoms with Gasteiger partial charge in [0.25, 0.3) is 0 Å². The molecule has 0 fully saturated rings. The van der Waals surface area contributed by atoms with Crippen molar-refractivity contribution in [1.29, 1.82) is 0 Å². The Balaban J connectivity index is 3.14. The van der Waals surface area contributed by atoms with E-state index in [4.69, 9.17) is 5.73 Å². The maximum atomic E-state index is 5.57. The fourth-order valence-corrected chi connectivity index (χ4v) is 2.92. The van der Waals surface area contributed by atoms with Gasteiger partial charge in [-0.2, -0.15) is 0 Å². The number of unbranched alkanes of at least 4 members (excludes halogenated alkanes) is 11. The van der Waals surface area contributed by atoms with Gasteiger partial charge < -0.3 is 10.6 Å². The molecule has 0 spiro atoms. The molecular weight excluding hydrogens is 256 g/mol. The lowest BCUT2D eigenvalue weighted by atomic mass is 10.1. The summed E-state index contributed by atoms with van der Waals surface area (Å²) in [4.78, 5) is 2.54. The topological polar surface area (TPSA) is 29.3 Å². The second-order valence-electron chi connectivity index (χ2n) is 6.47. The molecule has 0 unspecified atom stereocenters. The van der Waals surface area contributed by atoms with E-state index in [-0.39, 0.29) is 0 Å². The molecule has 0 aliphatic heterocycles. The Hall–Kier alpha value is -0.0800. The van der Waals surface area contributed by atoms with E-state index in [9.17, 15) is 0 Å². The molecule has 2 N–H and O–H groups in total. The van der Waals surface area contributed by atoms with Crippen LogP contribution in [0.15, 0.2) is 0 Å².